The molecule has 29 heavy (non-hydrogen) atoms. The molecule has 0 radical (unpaired) electrons. The van der Waals surface area contributed by atoms with Crippen LogP contribution in [0.5, 0.6) is 0 Å². The fourth-order valence-corrected chi connectivity index (χ4v) is 5.40. The van der Waals surface area contributed by atoms with E-state index in [9.17, 15) is 4.79 Å². The third kappa shape index (κ3) is 4.05. The van der Waals surface area contributed by atoms with Crippen LogP contribution in [0.4, 0.5) is 5.82 Å². The van der Waals surface area contributed by atoms with Gasteiger partial charge in [0, 0.05) is 30.1 Å². The topological polar surface area (TPSA) is 36.4 Å². The smallest absolute Gasteiger partial charge is 0.266 e. The van der Waals surface area contributed by atoms with Crippen molar-refractivity contribution in [1.82, 2.24) is 9.88 Å². The highest BCUT2D eigenvalue weighted by atomic mass is 32.2. The van der Waals surface area contributed by atoms with Crippen LogP contribution in [0.1, 0.15) is 50.7 Å². The zero-order valence-electron chi connectivity index (χ0n) is 17.3. The molecule has 6 heteroatoms. The van der Waals surface area contributed by atoms with Gasteiger partial charge >= 0.3 is 0 Å². The Morgan fingerprint density at radius 3 is 2.72 bits per heavy atom. The van der Waals surface area contributed by atoms with Gasteiger partial charge in [0.1, 0.15) is 10.1 Å². The molecule has 4 rings (SSSR count). The number of benzene rings is 1. The number of aromatic nitrogens is 1. The Balaban J connectivity index is 1.80. The number of hydrogen-bond donors (Lipinski definition) is 0. The highest BCUT2D eigenvalue weighted by Crippen LogP contribution is 2.37. The van der Waals surface area contributed by atoms with Crippen LogP contribution >= 0.6 is 24.0 Å². The molecule has 0 saturated carbocycles. The Morgan fingerprint density at radius 1 is 1.24 bits per heavy atom. The summed E-state index contributed by atoms with van der Waals surface area (Å²) in [6.07, 6.45) is 6.52. The summed E-state index contributed by atoms with van der Waals surface area (Å²) in [5.41, 5.74) is 3.22. The van der Waals surface area contributed by atoms with Gasteiger partial charge in [0.05, 0.1) is 10.4 Å². The standard InChI is InChI=1S/C23H27N3OS2/c1-4-16(3)26-22(27)20(29-23(26)28)14-18-13-17-12-15(2)8-9-19(17)24-21(18)25-10-6-5-7-11-25/h8-9,12-14,16H,4-7,10-11H2,1-3H3/b20-14-. The second-order valence-corrected chi connectivity index (χ2v) is 9.63. The van der Waals surface area contributed by atoms with E-state index in [4.69, 9.17) is 17.2 Å². The minimum Gasteiger partial charge on any atom is -0.356 e. The first-order valence-electron chi connectivity index (χ1n) is 10.4. The number of aryl methyl sites for hydroxylation is 1. The molecule has 1 unspecified atom stereocenters. The molecule has 0 aliphatic carbocycles. The van der Waals surface area contributed by atoms with Gasteiger partial charge in [-0.2, -0.15) is 0 Å². The number of anilines is 1. The number of fused-ring (bicyclic) bond motifs is 1. The van der Waals surface area contributed by atoms with Crippen LogP contribution in [0.25, 0.3) is 17.0 Å². The number of pyridine rings is 1. The predicted octanol–water partition coefficient (Wildman–Crippen LogP) is 5.53. The van der Waals surface area contributed by atoms with Crippen molar-refractivity contribution in [3.05, 3.63) is 40.3 Å². The quantitative estimate of drug-likeness (QED) is 0.475. The molecule has 1 atom stereocenters. The maximum Gasteiger partial charge on any atom is 0.266 e. The number of carbonyl (C=O) groups excluding carboxylic acids is 1. The molecule has 2 aromatic rings. The number of thiocarbonyl (C=S) groups is 1. The van der Waals surface area contributed by atoms with Crippen LogP contribution in [0, 0.1) is 6.92 Å². The molecule has 2 aliphatic heterocycles. The Hall–Kier alpha value is -1.92. The first-order valence-corrected chi connectivity index (χ1v) is 11.6. The van der Waals surface area contributed by atoms with E-state index >= 15 is 0 Å². The van der Waals surface area contributed by atoms with Gasteiger partial charge in [0.2, 0.25) is 0 Å². The highest BCUT2D eigenvalue weighted by Gasteiger charge is 2.35. The van der Waals surface area contributed by atoms with E-state index < -0.39 is 0 Å². The summed E-state index contributed by atoms with van der Waals surface area (Å²) in [5, 5.41) is 1.11. The Bertz CT molecular complexity index is 995. The summed E-state index contributed by atoms with van der Waals surface area (Å²) in [4.78, 5) is 22.9. The zero-order chi connectivity index (χ0) is 20.5. The van der Waals surface area contributed by atoms with Gasteiger partial charge in [-0.3, -0.25) is 9.69 Å². The fourth-order valence-electron chi connectivity index (χ4n) is 3.95. The number of hydrogen-bond acceptors (Lipinski definition) is 5. The molecule has 2 fully saturated rings. The lowest BCUT2D eigenvalue weighted by atomic mass is 10.1. The lowest BCUT2D eigenvalue weighted by Crippen LogP contribution is -2.36. The van der Waals surface area contributed by atoms with Gasteiger partial charge in [-0.15, -0.1) is 0 Å². The van der Waals surface area contributed by atoms with Crippen molar-refractivity contribution in [2.75, 3.05) is 18.0 Å². The number of thioether (sulfide) groups is 1. The van der Waals surface area contributed by atoms with Crippen LogP contribution in [-0.4, -0.2) is 39.2 Å². The summed E-state index contributed by atoms with van der Waals surface area (Å²) in [5.74, 6) is 0.998. The maximum absolute atomic E-state index is 13.0. The van der Waals surface area contributed by atoms with E-state index in [-0.39, 0.29) is 11.9 Å². The molecular weight excluding hydrogens is 398 g/mol. The molecule has 1 aromatic carbocycles. The summed E-state index contributed by atoms with van der Waals surface area (Å²) in [6, 6.07) is 8.64. The second-order valence-electron chi connectivity index (χ2n) is 7.95. The molecule has 0 bridgehead atoms. The first-order chi connectivity index (χ1) is 14.0. The average molecular weight is 426 g/mol. The molecule has 1 aromatic heterocycles. The molecule has 2 saturated heterocycles. The minimum atomic E-state index is 0.0169. The maximum atomic E-state index is 13.0. The van der Waals surface area contributed by atoms with E-state index in [1.165, 1.54) is 36.6 Å². The van der Waals surface area contributed by atoms with Crippen molar-refractivity contribution in [1.29, 1.82) is 0 Å². The van der Waals surface area contributed by atoms with Gasteiger partial charge < -0.3 is 4.90 Å². The van der Waals surface area contributed by atoms with Crippen molar-refractivity contribution in [3.63, 3.8) is 0 Å². The van der Waals surface area contributed by atoms with Crippen molar-refractivity contribution in [3.8, 4) is 0 Å². The summed E-state index contributed by atoms with van der Waals surface area (Å²) in [7, 11) is 0. The fraction of sp³-hybridized carbons (Fsp3) is 0.435. The number of amides is 1. The monoisotopic (exact) mass is 425 g/mol. The van der Waals surface area contributed by atoms with Crippen LogP contribution in [0.3, 0.4) is 0 Å². The van der Waals surface area contributed by atoms with E-state index in [1.807, 2.05) is 13.0 Å². The predicted molar refractivity (Wildman–Crippen MR) is 127 cm³/mol. The molecule has 1 amide bonds. The molecule has 2 aliphatic rings. The van der Waals surface area contributed by atoms with Gasteiger partial charge in [-0.05, 0) is 63.8 Å². The van der Waals surface area contributed by atoms with E-state index in [1.54, 1.807) is 4.90 Å². The lowest BCUT2D eigenvalue weighted by Gasteiger charge is -2.29. The van der Waals surface area contributed by atoms with E-state index in [0.717, 1.165) is 41.8 Å². The molecule has 3 heterocycles. The minimum absolute atomic E-state index is 0.0169. The van der Waals surface area contributed by atoms with Gasteiger partial charge in [-0.25, -0.2) is 4.98 Å². The van der Waals surface area contributed by atoms with Crippen molar-refractivity contribution < 1.29 is 4.79 Å². The van der Waals surface area contributed by atoms with E-state index in [0.29, 0.717) is 9.23 Å². The number of nitrogens with zero attached hydrogens (tertiary/aromatic N) is 3. The summed E-state index contributed by atoms with van der Waals surface area (Å²) >= 11 is 6.91. The normalized spacial score (nSPS) is 20.2. The second kappa shape index (κ2) is 8.44. The summed E-state index contributed by atoms with van der Waals surface area (Å²) < 4.78 is 0.653. The van der Waals surface area contributed by atoms with Crippen molar-refractivity contribution >= 4 is 57.0 Å². The highest BCUT2D eigenvalue weighted by molar-refractivity contribution is 8.26. The van der Waals surface area contributed by atoms with Crippen LogP contribution in [0.2, 0.25) is 0 Å². The molecule has 0 spiro atoms. The Labute approximate surface area is 182 Å². The number of rotatable bonds is 4. The molecule has 152 valence electrons. The SMILES string of the molecule is CCC(C)N1C(=O)/C(=C/c2cc3cc(C)ccc3nc2N2CCCCC2)SC1=S. The Morgan fingerprint density at radius 2 is 2.00 bits per heavy atom. The Kier molecular flexibility index (Phi) is 5.93. The van der Waals surface area contributed by atoms with Crippen LogP contribution < -0.4 is 4.90 Å². The first kappa shape index (κ1) is 20.4. The van der Waals surface area contributed by atoms with Crippen LogP contribution in [0.15, 0.2) is 29.2 Å². The number of piperidine rings is 1. The third-order valence-electron chi connectivity index (χ3n) is 5.78. The van der Waals surface area contributed by atoms with Crippen LogP contribution in [-0.2, 0) is 4.79 Å². The third-order valence-corrected chi connectivity index (χ3v) is 7.11. The van der Waals surface area contributed by atoms with Gasteiger partial charge in [-0.1, -0.05) is 42.5 Å². The summed E-state index contributed by atoms with van der Waals surface area (Å²) in [6.45, 7) is 8.25. The average Bonchev–Trinajstić information content (AvgIpc) is 3.00. The molecular formula is C23H27N3OS2. The van der Waals surface area contributed by atoms with E-state index in [2.05, 4.69) is 43.0 Å². The molecule has 4 nitrogen and oxygen atoms in total. The van der Waals surface area contributed by atoms with Gasteiger partial charge in [0.15, 0.2) is 0 Å². The zero-order valence-corrected chi connectivity index (χ0v) is 18.9. The lowest BCUT2D eigenvalue weighted by molar-refractivity contribution is -0.123. The van der Waals surface area contributed by atoms with Gasteiger partial charge in [0.25, 0.3) is 5.91 Å². The largest absolute Gasteiger partial charge is 0.356 e. The van der Waals surface area contributed by atoms with Crippen molar-refractivity contribution in [2.24, 2.45) is 0 Å². The molecule has 0 N–H and O–H groups in total. The number of carbonyl (C=O) groups is 1. The van der Waals surface area contributed by atoms with Crippen molar-refractivity contribution in [2.45, 2.75) is 52.5 Å².